The number of carbonyl (C=O) groups is 6. The van der Waals surface area contributed by atoms with Gasteiger partial charge >= 0.3 is 11.9 Å². The van der Waals surface area contributed by atoms with Crippen LogP contribution in [0.5, 0.6) is 0 Å². The van der Waals surface area contributed by atoms with Crippen molar-refractivity contribution >= 4 is 46.9 Å². The normalized spacial score (nSPS) is 13.6. The highest BCUT2D eigenvalue weighted by molar-refractivity contribution is 6.36. The first kappa shape index (κ1) is 31.0. The van der Waals surface area contributed by atoms with Crippen LogP contribution in [0.2, 0.25) is 0 Å². The molecule has 0 saturated heterocycles. The smallest absolute Gasteiger partial charge is 0.339 e. The maximum atomic E-state index is 13.3. The van der Waals surface area contributed by atoms with Crippen molar-refractivity contribution in [1.82, 2.24) is 0 Å². The molecule has 0 saturated carbocycles. The minimum absolute atomic E-state index is 0.0522. The number of nitrogens with zero attached hydrogens (tertiary/aromatic N) is 2. The van der Waals surface area contributed by atoms with Crippen molar-refractivity contribution in [1.29, 1.82) is 0 Å². The van der Waals surface area contributed by atoms with Crippen molar-refractivity contribution in [3.63, 3.8) is 0 Å². The van der Waals surface area contributed by atoms with Gasteiger partial charge in [0, 0.05) is 0 Å². The number of hydrogen-bond donors (Lipinski definition) is 2. The molecule has 47 heavy (non-hydrogen) atoms. The van der Waals surface area contributed by atoms with Crippen molar-refractivity contribution in [3.8, 4) is 0 Å². The van der Waals surface area contributed by atoms with Gasteiger partial charge in [0.1, 0.15) is 13.2 Å². The van der Waals surface area contributed by atoms with Gasteiger partial charge < -0.3 is 19.7 Å². The summed E-state index contributed by atoms with van der Waals surface area (Å²) in [6.45, 7) is -1.15. The summed E-state index contributed by atoms with van der Waals surface area (Å²) in [4.78, 5) is 79.3. The number of fused-ring (bicyclic) bond motifs is 2. The van der Waals surface area contributed by atoms with E-state index in [4.69, 9.17) is 19.7 Å². The summed E-state index contributed by atoms with van der Waals surface area (Å²) in [6.07, 6.45) is 0.463. The van der Waals surface area contributed by atoms with E-state index in [1.54, 1.807) is 48.5 Å². The second-order valence-electron chi connectivity index (χ2n) is 10.6. The van der Waals surface area contributed by atoms with Gasteiger partial charge in [0.15, 0.2) is 0 Å². The molecule has 0 radical (unpaired) electrons. The number of benzene rings is 4. The second kappa shape index (κ2) is 12.8. The Labute approximate surface area is 267 Å². The Morgan fingerprint density at radius 2 is 1.11 bits per heavy atom. The molecule has 2 N–H and O–H groups in total. The van der Waals surface area contributed by atoms with E-state index in [1.165, 1.54) is 36.4 Å². The summed E-state index contributed by atoms with van der Waals surface area (Å²) >= 11 is 0. The Bertz CT molecular complexity index is 1950. The summed E-state index contributed by atoms with van der Waals surface area (Å²) in [5.41, 5.74) is 2.69. The van der Waals surface area contributed by atoms with Crippen LogP contribution in [0.4, 0.5) is 11.4 Å². The molecule has 236 valence electrons. The quantitative estimate of drug-likeness (QED) is 0.195. The van der Waals surface area contributed by atoms with Crippen LogP contribution < -0.4 is 9.80 Å². The minimum Gasteiger partial charge on any atom is -0.460 e. The molecular weight excluding hydrogens is 608 g/mol. The standard InChI is InChI=1S/C35H26N2O10/c38-14-16-46-34(44)22-8-13-25-28(19-22)32(42)36(30(25)40)23-9-4-20(5-10-23)18-21-6-11-24(12-7-21)37-31(41)26-2-1-3-27(29(26)33(37)43)35(45)47-17-15-39/h1-13,19,38-39H,14-18H2. The number of rotatable bonds is 10. The average molecular weight is 635 g/mol. The van der Waals surface area contributed by atoms with Gasteiger partial charge in [0.05, 0.1) is 58.0 Å². The second-order valence-corrected chi connectivity index (χ2v) is 10.6. The van der Waals surface area contributed by atoms with Gasteiger partial charge in [-0.05, 0) is 72.1 Å². The number of aliphatic hydroxyl groups excluding tert-OH is 2. The molecule has 0 unspecified atom stereocenters. The monoisotopic (exact) mass is 634 g/mol. The highest BCUT2D eigenvalue weighted by Gasteiger charge is 2.40. The number of amides is 4. The van der Waals surface area contributed by atoms with Crippen molar-refractivity contribution < 1.29 is 48.5 Å². The van der Waals surface area contributed by atoms with Crippen LogP contribution in [0.1, 0.15) is 73.3 Å². The lowest BCUT2D eigenvalue weighted by molar-refractivity contribution is 0.0426. The molecule has 12 nitrogen and oxygen atoms in total. The number of hydrogen-bond acceptors (Lipinski definition) is 10. The number of esters is 2. The van der Waals surface area contributed by atoms with Gasteiger partial charge in [-0.25, -0.2) is 19.4 Å². The third kappa shape index (κ3) is 5.67. The zero-order valence-electron chi connectivity index (χ0n) is 24.7. The number of anilines is 2. The molecule has 4 aromatic carbocycles. The van der Waals surface area contributed by atoms with Gasteiger partial charge in [-0.1, -0.05) is 30.3 Å². The van der Waals surface area contributed by atoms with Crippen LogP contribution in [0, 0.1) is 0 Å². The molecule has 4 amide bonds. The Morgan fingerprint density at radius 3 is 1.70 bits per heavy atom. The molecule has 2 aliphatic rings. The first-order chi connectivity index (χ1) is 22.7. The van der Waals surface area contributed by atoms with Crippen LogP contribution in [-0.2, 0) is 15.9 Å². The Hall–Kier alpha value is -5.98. The molecular formula is C35H26N2O10. The fourth-order valence-electron chi connectivity index (χ4n) is 5.49. The van der Waals surface area contributed by atoms with E-state index in [-0.39, 0.29) is 59.8 Å². The summed E-state index contributed by atoms with van der Waals surface area (Å²) in [5.74, 6) is -3.85. The summed E-state index contributed by atoms with van der Waals surface area (Å²) in [7, 11) is 0. The Kier molecular flexibility index (Phi) is 8.44. The van der Waals surface area contributed by atoms with Crippen molar-refractivity contribution in [2.75, 3.05) is 36.2 Å². The summed E-state index contributed by atoms with van der Waals surface area (Å²) < 4.78 is 9.85. The predicted octanol–water partition coefficient (Wildman–Crippen LogP) is 3.18. The molecule has 0 fully saturated rings. The molecule has 0 aliphatic carbocycles. The number of aliphatic hydroxyl groups is 2. The van der Waals surface area contributed by atoms with Crippen molar-refractivity contribution in [2.45, 2.75) is 6.42 Å². The predicted molar refractivity (Wildman–Crippen MR) is 166 cm³/mol. The first-order valence-corrected chi connectivity index (χ1v) is 14.5. The van der Waals surface area contributed by atoms with Crippen LogP contribution in [0.25, 0.3) is 0 Å². The van der Waals surface area contributed by atoms with Crippen LogP contribution in [0.3, 0.4) is 0 Å². The molecule has 12 heteroatoms. The highest BCUT2D eigenvalue weighted by atomic mass is 16.5. The number of ether oxygens (including phenoxy) is 2. The molecule has 0 spiro atoms. The molecule has 2 aliphatic heterocycles. The van der Waals surface area contributed by atoms with Gasteiger partial charge in [0.25, 0.3) is 23.6 Å². The van der Waals surface area contributed by atoms with E-state index in [0.29, 0.717) is 17.8 Å². The van der Waals surface area contributed by atoms with Crippen molar-refractivity contribution in [3.05, 3.63) is 129 Å². The highest BCUT2D eigenvalue weighted by Crippen LogP contribution is 2.32. The lowest BCUT2D eigenvalue weighted by atomic mass is 10.0. The van der Waals surface area contributed by atoms with Gasteiger partial charge in [-0.15, -0.1) is 0 Å². The molecule has 0 bridgehead atoms. The van der Waals surface area contributed by atoms with Crippen molar-refractivity contribution in [2.24, 2.45) is 0 Å². The van der Waals surface area contributed by atoms with E-state index in [9.17, 15) is 28.8 Å². The zero-order chi connectivity index (χ0) is 33.2. The van der Waals surface area contributed by atoms with Crippen LogP contribution in [-0.4, -0.2) is 72.2 Å². The summed E-state index contributed by atoms with van der Waals surface area (Å²) in [5, 5.41) is 17.8. The lowest BCUT2D eigenvalue weighted by Crippen LogP contribution is -2.29. The van der Waals surface area contributed by atoms with Crippen LogP contribution in [0.15, 0.2) is 84.9 Å². The third-order valence-electron chi connectivity index (χ3n) is 7.70. The maximum absolute atomic E-state index is 13.3. The average Bonchev–Trinajstić information content (AvgIpc) is 3.50. The molecule has 0 aromatic heterocycles. The van der Waals surface area contributed by atoms with E-state index in [2.05, 4.69) is 0 Å². The largest absolute Gasteiger partial charge is 0.460 e. The number of imide groups is 2. The first-order valence-electron chi connectivity index (χ1n) is 14.5. The summed E-state index contributed by atoms with van der Waals surface area (Å²) in [6, 6.07) is 22.0. The van der Waals surface area contributed by atoms with E-state index in [1.807, 2.05) is 0 Å². The number of carbonyl (C=O) groups excluding carboxylic acids is 6. The Morgan fingerprint density at radius 1 is 0.574 bits per heavy atom. The Balaban J connectivity index is 1.14. The van der Waals surface area contributed by atoms with E-state index < -0.39 is 35.6 Å². The van der Waals surface area contributed by atoms with E-state index >= 15 is 0 Å². The van der Waals surface area contributed by atoms with Gasteiger partial charge in [-0.3, -0.25) is 19.2 Å². The van der Waals surface area contributed by atoms with Crippen LogP contribution >= 0.6 is 0 Å². The van der Waals surface area contributed by atoms with Gasteiger partial charge in [0.2, 0.25) is 0 Å². The fourth-order valence-corrected chi connectivity index (χ4v) is 5.49. The lowest BCUT2D eigenvalue weighted by Gasteiger charge is -2.15. The molecule has 6 rings (SSSR count). The SMILES string of the molecule is O=C(OCCO)c1ccc2c(c1)C(=O)N(c1ccc(Cc3ccc(N4C(=O)c5cccc(C(=O)OCCO)c5C4=O)cc3)cc1)C2=O. The van der Waals surface area contributed by atoms with E-state index in [0.717, 1.165) is 20.9 Å². The topological polar surface area (TPSA) is 168 Å². The zero-order valence-corrected chi connectivity index (χ0v) is 24.7. The molecule has 2 heterocycles. The minimum atomic E-state index is -0.811. The van der Waals surface area contributed by atoms with Gasteiger partial charge in [-0.2, -0.15) is 0 Å². The third-order valence-corrected chi connectivity index (χ3v) is 7.70. The fraction of sp³-hybridized carbons (Fsp3) is 0.143. The maximum Gasteiger partial charge on any atom is 0.339 e. The molecule has 0 atom stereocenters. The molecule has 4 aromatic rings.